The van der Waals surface area contributed by atoms with Gasteiger partial charge in [-0.1, -0.05) is 13.8 Å². The van der Waals surface area contributed by atoms with Gasteiger partial charge in [-0.05, 0) is 12.8 Å². The molecule has 2 heterocycles. The Morgan fingerprint density at radius 3 is 3.00 bits per heavy atom. The number of nitrogens with one attached hydrogen (secondary N) is 2. The number of hydrogen-bond acceptors (Lipinski definition) is 3. The lowest BCUT2D eigenvalue weighted by molar-refractivity contribution is -0.120. The summed E-state index contributed by atoms with van der Waals surface area (Å²) in [6, 6.07) is -0.380. The number of nitrogens with zero attached hydrogens (tertiary/aromatic N) is 3. The van der Waals surface area contributed by atoms with Gasteiger partial charge in [0.1, 0.15) is 0 Å². The number of rotatable bonds is 5. The molecule has 0 radical (unpaired) electrons. The minimum absolute atomic E-state index is 0.0669. The lowest BCUT2D eigenvalue weighted by Gasteiger charge is -2.10. The summed E-state index contributed by atoms with van der Waals surface area (Å²) in [5.41, 5.74) is 0.885. The van der Waals surface area contributed by atoms with E-state index in [1.807, 2.05) is 4.57 Å². The topological polar surface area (TPSA) is 71.3 Å². The Morgan fingerprint density at radius 2 is 2.28 bits per heavy atom. The van der Waals surface area contributed by atoms with E-state index in [0.29, 0.717) is 12.5 Å². The maximum absolute atomic E-state index is 11.9. The van der Waals surface area contributed by atoms with E-state index in [2.05, 4.69) is 34.5 Å². The van der Waals surface area contributed by atoms with E-state index in [1.165, 1.54) is 0 Å². The summed E-state index contributed by atoms with van der Waals surface area (Å²) in [7, 11) is 0. The number of carbonyl (C=O) groups is 1. The molecule has 1 aliphatic rings. The molecule has 1 unspecified atom stereocenters. The molecule has 0 saturated carbocycles. The second-order valence-electron chi connectivity index (χ2n) is 4.31. The number of aliphatic imine (C=N–C) groups is 1. The summed E-state index contributed by atoms with van der Waals surface area (Å²) in [6.45, 7) is 5.72. The highest BCUT2D eigenvalue weighted by Gasteiger charge is 2.31. The molecule has 0 spiro atoms. The van der Waals surface area contributed by atoms with Gasteiger partial charge >= 0.3 is 0 Å². The average Bonchev–Trinajstić information content (AvgIpc) is 2.93. The summed E-state index contributed by atoms with van der Waals surface area (Å²) >= 11 is 0. The highest BCUT2D eigenvalue weighted by atomic mass is 16.2. The van der Waals surface area contributed by atoms with Crippen LogP contribution in [0.25, 0.3) is 0 Å². The molecular weight excluding hydrogens is 230 g/mol. The van der Waals surface area contributed by atoms with Crippen LogP contribution < -0.4 is 10.6 Å². The Bertz CT molecular complexity index is 451. The lowest BCUT2D eigenvalue weighted by Crippen LogP contribution is -2.25. The highest BCUT2D eigenvalue weighted by Crippen LogP contribution is 2.16. The molecule has 1 saturated heterocycles. The van der Waals surface area contributed by atoms with Crippen LogP contribution in [-0.2, 0) is 11.3 Å². The third-order valence-corrected chi connectivity index (χ3v) is 2.78. The maximum Gasteiger partial charge on any atom is 0.255 e. The van der Waals surface area contributed by atoms with Crippen molar-refractivity contribution in [2.24, 2.45) is 4.99 Å². The van der Waals surface area contributed by atoms with Gasteiger partial charge in [-0.15, -0.1) is 0 Å². The molecule has 1 fully saturated rings. The first-order valence-corrected chi connectivity index (χ1v) is 6.38. The fourth-order valence-electron chi connectivity index (χ4n) is 1.94. The van der Waals surface area contributed by atoms with Crippen molar-refractivity contribution in [2.45, 2.75) is 39.3 Å². The number of imidazole rings is 1. The van der Waals surface area contributed by atoms with Gasteiger partial charge in [-0.3, -0.25) is 15.1 Å². The maximum atomic E-state index is 11.9. The molecule has 0 bridgehead atoms. The molecule has 6 heteroatoms. The summed E-state index contributed by atoms with van der Waals surface area (Å²) in [5, 5.41) is 5.86. The van der Waals surface area contributed by atoms with Crippen LogP contribution >= 0.6 is 0 Å². The molecule has 0 aromatic carbocycles. The summed E-state index contributed by atoms with van der Waals surface area (Å²) in [4.78, 5) is 20.3. The van der Waals surface area contributed by atoms with E-state index >= 15 is 0 Å². The molecule has 2 N–H and O–H groups in total. The van der Waals surface area contributed by atoms with Gasteiger partial charge in [-0.2, -0.15) is 0 Å². The molecule has 1 amide bonds. The number of guanidine groups is 1. The van der Waals surface area contributed by atoms with E-state index in [4.69, 9.17) is 0 Å². The van der Waals surface area contributed by atoms with Crippen molar-refractivity contribution in [3.05, 3.63) is 18.2 Å². The number of aryl methyl sites for hydroxylation is 1. The van der Waals surface area contributed by atoms with Crippen molar-refractivity contribution in [3.63, 3.8) is 0 Å². The smallest absolute Gasteiger partial charge is 0.255 e. The van der Waals surface area contributed by atoms with Gasteiger partial charge in [0.2, 0.25) is 0 Å². The summed E-state index contributed by atoms with van der Waals surface area (Å²) in [5.74, 6) is 0.499. The van der Waals surface area contributed by atoms with Crippen LogP contribution in [0.4, 0.5) is 0 Å². The third kappa shape index (κ3) is 2.52. The van der Waals surface area contributed by atoms with Crippen LogP contribution in [0.3, 0.4) is 0 Å². The van der Waals surface area contributed by atoms with Gasteiger partial charge in [-0.25, -0.2) is 4.98 Å². The Hall–Kier alpha value is -1.85. The van der Waals surface area contributed by atoms with Gasteiger partial charge < -0.3 is 9.88 Å². The van der Waals surface area contributed by atoms with Crippen molar-refractivity contribution < 1.29 is 4.79 Å². The molecule has 1 aromatic heterocycles. The fraction of sp³-hybridized carbons (Fsp3) is 0.583. The van der Waals surface area contributed by atoms with Crippen LogP contribution in [0.2, 0.25) is 0 Å². The predicted molar refractivity (Wildman–Crippen MR) is 69.1 cm³/mol. The van der Waals surface area contributed by atoms with Crippen LogP contribution in [0.15, 0.2) is 17.5 Å². The number of amides is 1. The van der Waals surface area contributed by atoms with Gasteiger partial charge in [0.05, 0.1) is 18.2 Å². The van der Waals surface area contributed by atoms with Gasteiger partial charge in [0, 0.05) is 13.1 Å². The average molecular weight is 249 g/mol. The molecule has 1 atom stereocenters. The Morgan fingerprint density at radius 1 is 1.44 bits per heavy atom. The second kappa shape index (κ2) is 5.66. The monoisotopic (exact) mass is 249 g/mol. The van der Waals surface area contributed by atoms with Crippen LogP contribution in [-0.4, -0.2) is 28.0 Å². The SMILES string of the molecule is CCCN=C1NC(=O)C(c2cncn2CCC)N1. The molecular formula is C12H19N5O. The Balaban J connectivity index is 2.14. The molecule has 2 rings (SSSR count). The Labute approximate surface area is 107 Å². The standard InChI is InChI=1S/C12H19N5O/c1-3-5-14-12-15-10(11(18)16-12)9-7-13-8-17(9)6-4-2/h7-8,10H,3-6H2,1-2H3,(H2,14,15,16,18). The lowest BCUT2D eigenvalue weighted by atomic mass is 10.2. The van der Waals surface area contributed by atoms with Crippen molar-refractivity contribution >= 4 is 11.9 Å². The van der Waals surface area contributed by atoms with Crippen LogP contribution in [0, 0.1) is 0 Å². The van der Waals surface area contributed by atoms with Gasteiger partial charge in [0.25, 0.3) is 5.91 Å². The van der Waals surface area contributed by atoms with E-state index in [0.717, 1.165) is 25.1 Å². The minimum atomic E-state index is -0.380. The van der Waals surface area contributed by atoms with Crippen LogP contribution in [0.5, 0.6) is 0 Å². The van der Waals surface area contributed by atoms with Crippen LogP contribution in [0.1, 0.15) is 38.4 Å². The van der Waals surface area contributed by atoms with Crippen molar-refractivity contribution in [3.8, 4) is 0 Å². The molecule has 6 nitrogen and oxygen atoms in total. The zero-order valence-corrected chi connectivity index (χ0v) is 10.8. The molecule has 98 valence electrons. The first-order valence-electron chi connectivity index (χ1n) is 6.38. The normalized spacial score (nSPS) is 21.1. The molecule has 0 aliphatic carbocycles. The molecule has 18 heavy (non-hydrogen) atoms. The minimum Gasteiger partial charge on any atom is -0.339 e. The highest BCUT2D eigenvalue weighted by molar-refractivity contribution is 6.06. The van der Waals surface area contributed by atoms with E-state index in [-0.39, 0.29) is 11.9 Å². The fourth-order valence-corrected chi connectivity index (χ4v) is 1.94. The second-order valence-corrected chi connectivity index (χ2v) is 4.31. The first-order chi connectivity index (χ1) is 8.76. The van der Waals surface area contributed by atoms with Crippen molar-refractivity contribution in [1.29, 1.82) is 0 Å². The van der Waals surface area contributed by atoms with E-state index < -0.39 is 0 Å². The van der Waals surface area contributed by atoms with Crippen molar-refractivity contribution in [1.82, 2.24) is 20.2 Å². The van der Waals surface area contributed by atoms with E-state index in [9.17, 15) is 4.79 Å². The number of aromatic nitrogens is 2. The van der Waals surface area contributed by atoms with Gasteiger partial charge in [0.15, 0.2) is 12.0 Å². The number of carbonyl (C=O) groups excluding carboxylic acids is 1. The third-order valence-electron chi connectivity index (χ3n) is 2.78. The quantitative estimate of drug-likeness (QED) is 0.811. The first kappa shape index (κ1) is 12.6. The molecule has 1 aromatic rings. The summed E-state index contributed by atoms with van der Waals surface area (Å²) in [6.07, 6.45) is 5.46. The Kier molecular flexibility index (Phi) is 3.96. The predicted octanol–water partition coefficient (Wildman–Crippen LogP) is 0.820. The van der Waals surface area contributed by atoms with E-state index in [1.54, 1.807) is 12.5 Å². The zero-order valence-electron chi connectivity index (χ0n) is 10.8. The summed E-state index contributed by atoms with van der Waals surface area (Å²) < 4.78 is 2.00. The zero-order chi connectivity index (χ0) is 13.0. The number of hydrogen-bond donors (Lipinski definition) is 2. The van der Waals surface area contributed by atoms with Crippen molar-refractivity contribution in [2.75, 3.05) is 6.54 Å². The molecule has 1 aliphatic heterocycles. The largest absolute Gasteiger partial charge is 0.339 e.